The summed E-state index contributed by atoms with van der Waals surface area (Å²) in [6.45, 7) is 0.322. The fourth-order valence-electron chi connectivity index (χ4n) is 3.42. The van der Waals surface area contributed by atoms with E-state index >= 15 is 0 Å². The van der Waals surface area contributed by atoms with E-state index in [-0.39, 0.29) is 10.6 Å². The minimum Gasteiger partial charge on any atom is -0.493 e. The van der Waals surface area contributed by atoms with Gasteiger partial charge in [-0.2, -0.15) is 5.10 Å². The number of carbonyl (C=O) groups excluding carboxylic acids is 1. The Morgan fingerprint density at radius 2 is 1.76 bits per heavy atom. The van der Waals surface area contributed by atoms with Gasteiger partial charge in [0.2, 0.25) is 0 Å². The SMILES string of the molecule is COc1cc(/C=N\NC(=O)c2ccc(Cl)cc2Cl)cc(Cl)c1OCc1cccc2ccccc12. The predicted octanol–water partition coefficient (Wildman–Crippen LogP) is 7.15. The first-order chi connectivity index (χ1) is 16.5. The number of hydrogen-bond donors (Lipinski definition) is 1. The summed E-state index contributed by atoms with van der Waals surface area (Å²) in [5, 5.41) is 7.26. The van der Waals surface area contributed by atoms with Crippen LogP contribution in [0.5, 0.6) is 11.5 Å². The zero-order valence-corrected chi connectivity index (χ0v) is 20.3. The Labute approximate surface area is 211 Å². The topological polar surface area (TPSA) is 59.9 Å². The van der Waals surface area contributed by atoms with Gasteiger partial charge in [-0.25, -0.2) is 5.43 Å². The summed E-state index contributed by atoms with van der Waals surface area (Å²) in [6.07, 6.45) is 1.45. The van der Waals surface area contributed by atoms with Crippen LogP contribution in [0.15, 0.2) is 77.9 Å². The normalized spacial score (nSPS) is 11.1. The molecule has 0 radical (unpaired) electrons. The Bertz CT molecular complexity index is 1380. The maximum atomic E-state index is 12.3. The number of halogens is 3. The van der Waals surface area contributed by atoms with Crippen LogP contribution in [0.1, 0.15) is 21.5 Å². The Hall–Kier alpha value is -3.25. The standard InChI is InChI=1S/C26H19Cl3N2O3/c1-33-24-12-16(14-30-31-26(32)21-10-9-19(27)13-22(21)28)11-23(29)25(24)34-15-18-7-4-6-17-5-2-3-8-20(17)18/h2-14H,15H2,1H3,(H,31,32)/b30-14-. The molecule has 0 aliphatic rings. The van der Waals surface area contributed by atoms with Crippen LogP contribution in [0.25, 0.3) is 10.8 Å². The highest BCUT2D eigenvalue weighted by atomic mass is 35.5. The second-order valence-electron chi connectivity index (χ2n) is 7.28. The number of methoxy groups -OCH3 is 1. The zero-order chi connectivity index (χ0) is 24.1. The molecular formula is C26H19Cl3N2O3. The molecule has 34 heavy (non-hydrogen) atoms. The summed E-state index contributed by atoms with van der Waals surface area (Å²) < 4.78 is 11.5. The summed E-state index contributed by atoms with van der Waals surface area (Å²) in [4.78, 5) is 12.3. The fraction of sp³-hybridized carbons (Fsp3) is 0.0769. The Morgan fingerprint density at radius 3 is 2.56 bits per heavy atom. The number of hydrogen-bond acceptors (Lipinski definition) is 4. The average Bonchev–Trinajstić information content (AvgIpc) is 2.83. The summed E-state index contributed by atoms with van der Waals surface area (Å²) in [6, 6.07) is 22.1. The molecule has 0 heterocycles. The maximum absolute atomic E-state index is 12.3. The van der Waals surface area contributed by atoms with E-state index in [1.54, 1.807) is 18.2 Å². The minimum absolute atomic E-state index is 0.234. The van der Waals surface area contributed by atoms with Crippen molar-refractivity contribution < 1.29 is 14.3 Å². The van der Waals surface area contributed by atoms with Crippen LogP contribution >= 0.6 is 34.8 Å². The number of amides is 1. The molecule has 4 rings (SSSR count). The van der Waals surface area contributed by atoms with Gasteiger partial charge in [-0.1, -0.05) is 77.3 Å². The van der Waals surface area contributed by atoms with Gasteiger partial charge >= 0.3 is 0 Å². The first kappa shape index (κ1) is 23.9. The van der Waals surface area contributed by atoms with Gasteiger partial charge in [0, 0.05) is 5.02 Å². The summed E-state index contributed by atoms with van der Waals surface area (Å²) in [5.74, 6) is 0.401. The van der Waals surface area contributed by atoms with Crippen LogP contribution in [-0.4, -0.2) is 19.2 Å². The van der Waals surface area contributed by atoms with E-state index < -0.39 is 5.91 Å². The number of carbonyl (C=O) groups is 1. The van der Waals surface area contributed by atoms with Crippen LogP contribution in [0.3, 0.4) is 0 Å². The van der Waals surface area contributed by atoms with Crippen molar-refractivity contribution in [1.82, 2.24) is 5.43 Å². The number of fused-ring (bicyclic) bond motifs is 1. The third-order valence-corrected chi connectivity index (χ3v) is 5.89. The molecule has 0 aromatic heterocycles. The predicted molar refractivity (Wildman–Crippen MR) is 138 cm³/mol. The zero-order valence-electron chi connectivity index (χ0n) is 18.0. The smallest absolute Gasteiger partial charge is 0.272 e. The first-order valence-electron chi connectivity index (χ1n) is 10.2. The van der Waals surface area contributed by atoms with E-state index in [1.165, 1.54) is 25.5 Å². The molecule has 0 saturated carbocycles. The Kier molecular flexibility index (Phi) is 7.58. The Balaban J connectivity index is 1.48. The molecule has 1 N–H and O–H groups in total. The fourth-order valence-corrected chi connectivity index (χ4v) is 4.19. The highest BCUT2D eigenvalue weighted by Crippen LogP contribution is 2.37. The number of hydrazone groups is 1. The molecule has 1 amide bonds. The highest BCUT2D eigenvalue weighted by Gasteiger charge is 2.13. The monoisotopic (exact) mass is 512 g/mol. The van der Waals surface area contributed by atoms with Gasteiger partial charge in [0.05, 0.1) is 28.9 Å². The van der Waals surface area contributed by atoms with Crippen molar-refractivity contribution in [3.05, 3.63) is 105 Å². The van der Waals surface area contributed by atoms with Crippen molar-refractivity contribution in [1.29, 1.82) is 0 Å². The van der Waals surface area contributed by atoms with Gasteiger partial charge in [-0.3, -0.25) is 4.79 Å². The molecule has 0 spiro atoms. The van der Waals surface area contributed by atoms with Crippen LogP contribution in [0.2, 0.25) is 15.1 Å². The van der Waals surface area contributed by atoms with Crippen molar-refractivity contribution in [2.24, 2.45) is 5.10 Å². The average molecular weight is 514 g/mol. The first-order valence-corrected chi connectivity index (χ1v) is 11.3. The summed E-state index contributed by atoms with van der Waals surface area (Å²) in [7, 11) is 1.53. The molecule has 5 nitrogen and oxygen atoms in total. The van der Waals surface area contributed by atoms with E-state index in [4.69, 9.17) is 44.3 Å². The van der Waals surface area contributed by atoms with Crippen LogP contribution in [-0.2, 0) is 6.61 Å². The summed E-state index contributed by atoms with van der Waals surface area (Å²) >= 11 is 18.4. The molecule has 0 saturated heterocycles. The van der Waals surface area contributed by atoms with Crippen LogP contribution in [0, 0.1) is 0 Å². The molecule has 172 valence electrons. The lowest BCUT2D eigenvalue weighted by Crippen LogP contribution is -2.18. The van der Waals surface area contributed by atoms with Gasteiger partial charge in [-0.15, -0.1) is 0 Å². The largest absolute Gasteiger partial charge is 0.493 e. The molecular weight excluding hydrogens is 495 g/mol. The lowest BCUT2D eigenvalue weighted by atomic mass is 10.1. The number of nitrogens with one attached hydrogen (secondary N) is 1. The van der Waals surface area contributed by atoms with Gasteiger partial charge in [0.15, 0.2) is 11.5 Å². The van der Waals surface area contributed by atoms with Crippen molar-refractivity contribution in [3.8, 4) is 11.5 Å². The lowest BCUT2D eigenvalue weighted by molar-refractivity contribution is 0.0955. The quantitative estimate of drug-likeness (QED) is 0.211. The molecule has 0 aliphatic heterocycles. The molecule has 4 aromatic carbocycles. The highest BCUT2D eigenvalue weighted by molar-refractivity contribution is 6.36. The molecule has 4 aromatic rings. The molecule has 8 heteroatoms. The molecule has 0 atom stereocenters. The van der Waals surface area contributed by atoms with Crippen molar-refractivity contribution in [2.75, 3.05) is 7.11 Å². The molecule has 0 bridgehead atoms. The van der Waals surface area contributed by atoms with E-state index in [0.29, 0.717) is 33.7 Å². The second-order valence-corrected chi connectivity index (χ2v) is 8.54. The number of nitrogens with zero attached hydrogens (tertiary/aromatic N) is 1. The molecule has 0 aliphatic carbocycles. The van der Waals surface area contributed by atoms with E-state index in [0.717, 1.165) is 16.3 Å². The van der Waals surface area contributed by atoms with Crippen molar-refractivity contribution in [2.45, 2.75) is 6.61 Å². The van der Waals surface area contributed by atoms with Gasteiger partial charge in [-0.05, 0) is 52.2 Å². The van der Waals surface area contributed by atoms with Gasteiger partial charge in [0.25, 0.3) is 5.91 Å². The lowest BCUT2D eigenvalue weighted by Gasteiger charge is -2.14. The van der Waals surface area contributed by atoms with Crippen LogP contribution < -0.4 is 14.9 Å². The number of ether oxygens (including phenoxy) is 2. The van der Waals surface area contributed by atoms with Crippen LogP contribution in [0.4, 0.5) is 0 Å². The molecule has 0 fully saturated rings. The van der Waals surface area contributed by atoms with E-state index in [9.17, 15) is 4.79 Å². The van der Waals surface area contributed by atoms with E-state index in [1.807, 2.05) is 24.3 Å². The molecule has 0 unspecified atom stereocenters. The number of benzene rings is 4. The third kappa shape index (κ3) is 5.45. The van der Waals surface area contributed by atoms with Gasteiger partial charge in [0.1, 0.15) is 6.61 Å². The van der Waals surface area contributed by atoms with Crippen molar-refractivity contribution in [3.63, 3.8) is 0 Å². The second kappa shape index (κ2) is 10.8. The van der Waals surface area contributed by atoms with E-state index in [2.05, 4.69) is 28.7 Å². The Morgan fingerprint density at radius 1 is 0.971 bits per heavy atom. The number of rotatable bonds is 7. The summed E-state index contributed by atoms with van der Waals surface area (Å²) in [5.41, 5.74) is 4.34. The van der Waals surface area contributed by atoms with Gasteiger partial charge < -0.3 is 9.47 Å². The maximum Gasteiger partial charge on any atom is 0.272 e. The van der Waals surface area contributed by atoms with Crippen molar-refractivity contribution >= 4 is 57.7 Å². The minimum atomic E-state index is -0.467. The third-order valence-electron chi connectivity index (χ3n) is 5.06.